The van der Waals surface area contributed by atoms with E-state index < -0.39 is 32.5 Å². The topological polar surface area (TPSA) is 99.4 Å². The lowest BCUT2D eigenvalue weighted by atomic mass is 9.99. The van der Waals surface area contributed by atoms with Gasteiger partial charge in [-0.1, -0.05) is 6.07 Å². The van der Waals surface area contributed by atoms with Crippen LogP contribution in [0.4, 0.5) is 8.78 Å². The molecule has 2 aromatic rings. The van der Waals surface area contributed by atoms with E-state index in [9.17, 15) is 22.0 Å². The van der Waals surface area contributed by atoms with Crippen molar-refractivity contribution in [1.29, 1.82) is 0 Å². The molecule has 6 nitrogen and oxygen atoms in total. The number of aromatic nitrogens is 1. The van der Waals surface area contributed by atoms with Gasteiger partial charge in [0.25, 0.3) is 0 Å². The van der Waals surface area contributed by atoms with Crippen molar-refractivity contribution < 1.29 is 26.7 Å². The molecule has 0 aliphatic carbocycles. The number of carbonyl (C=O) groups excluding carboxylic acids is 1. The lowest BCUT2D eigenvalue weighted by Crippen LogP contribution is -2.15. The molecule has 25 heavy (non-hydrogen) atoms. The van der Waals surface area contributed by atoms with Gasteiger partial charge in [0.15, 0.2) is 0 Å². The average molecular weight is 366 g/mol. The molecule has 2 N–H and O–H groups in total. The van der Waals surface area contributed by atoms with Crippen LogP contribution in [0.15, 0.2) is 35.2 Å². The molecule has 1 aliphatic rings. The molecule has 1 aliphatic heterocycles. The number of ether oxygens (including phenoxy) is 1. The van der Waals surface area contributed by atoms with Crippen molar-refractivity contribution in [2.75, 3.05) is 6.61 Å². The van der Waals surface area contributed by atoms with E-state index in [0.717, 1.165) is 0 Å². The summed E-state index contributed by atoms with van der Waals surface area (Å²) in [7, 11) is -4.42. The predicted molar refractivity (Wildman–Crippen MR) is 84.5 cm³/mol. The second kappa shape index (κ2) is 6.01. The summed E-state index contributed by atoms with van der Waals surface area (Å²) in [5, 5.41) is 4.85. The van der Waals surface area contributed by atoms with Gasteiger partial charge in [-0.25, -0.2) is 27.1 Å². The van der Waals surface area contributed by atoms with E-state index in [-0.39, 0.29) is 29.0 Å². The quantitative estimate of drug-likeness (QED) is 0.835. The van der Waals surface area contributed by atoms with Crippen molar-refractivity contribution in [3.63, 3.8) is 0 Å². The molecule has 0 bridgehead atoms. The largest absolute Gasteiger partial charge is 0.457 e. The molecule has 9 heteroatoms. The van der Waals surface area contributed by atoms with Gasteiger partial charge in [-0.2, -0.15) is 0 Å². The summed E-state index contributed by atoms with van der Waals surface area (Å²) in [5.74, 6) is -2.98. The van der Waals surface area contributed by atoms with E-state index in [0.29, 0.717) is 17.8 Å². The third-order valence-electron chi connectivity index (χ3n) is 3.65. The van der Waals surface area contributed by atoms with Gasteiger partial charge in [0.05, 0.1) is 11.3 Å². The number of hydrogen-bond acceptors (Lipinski definition) is 5. The Hall–Kier alpha value is -2.65. The van der Waals surface area contributed by atoms with Crippen molar-refractivity contribution in [3.05, 3.63) is 58.9 Å². The van der Waals surface area contributed by atoms with Crippen molar-refractivity contribution in [2.24, 2.45) is 5.14 Å². The number of halogens is 2. The first kappa shape index (κ1) is 17.2. The molecule has 0 saturated heterocycles. The third-order valence-corrected chi connectivity index (χ3v) is 4.58. The van der Waals surface area contributed by atoms with Gasteiger partial charge < -0.3 is 4.74 Å². The van der Waals surface area contributed by atoms with Gasteiger partial charge in [-0.15, -0.1) is 0 Å². The van der Waals surface area contributed by atoms with E-state index in [1.54, 1.807) is 25.1 Å². The summed E-state index contributed by atoms with van der Waals surface area (Å²) in [6.45, 7) is 1.43. The van der Waals surface area contributed by atoms with E-state index in [1.807, 2.05) is 0 Å². The minimum atomic E-state index is -4.42. The van der Waals surface area contributed by atoms with Crippen LogP contribution in [0.3, 0.4) is 0 Å². The molecule has 0 radical (unpaired) electrons. The van der Waals surface area contributed by atoms with Crippen LogP contribution in [0.1, 0.15) is 17.0 Å². The minimum Gasteiger partial charge on any atom is -0.457 e. The number of hydrogen-bond donors (Lipinski definition) is 1. The fourth-order valence-corrected chi connectivity index (χ4v) is 3.14. The maximum Gasteiger partial charge on any atom is 0.341 e. The van der Waals surface area contributed by atoms with Crippen LogP contribution in [0.25, 0.3) is 11.1 Å². The van der Waals surface area contributed by atoms with Crippen LogP contribution in [0.2, 0.25) is 0 Å². The van der Waals surface area contributed by atoms with Crippen LogP contribution < -0.4 is 5.14 Å². The monoisotopic (exact) mass is 366 g/mol. The summed E-state index contributed by atoms with van der Waals surface area (Å²) < 4.78 is 56.0. The van der Waals surface area contributed by atoms with Crippen molar-refractivity contribution in [1.82, 2.24) is 4.98 Å². The standard InChI is InChI=1S/C16H12F2N2O4S/c1-8-3-2-4-13(20-8)15-10(7-24-16(15)21)9-5-12(18)14(6-11(9)17)25(19,22)23/h2-6H,7H2,1H3,(H2,19,22,23). The number of benzene rings is 1. The van der Waals surface area contributed by atoms with Gasteiger partial charge in [-0.3, -0.25) is 4.98 Å². The molecular weight excluding hydrogens is 354 g/mol. The first-order valence-corrected chi connectivity index (χ1v) is 8.59. The second-order valence-electron chi connectivity index (χ2n) is 5.40. The minimum absolute atomic E-state index is 0.00496. The highest BCUT2D eigenvalue weighted by atomic mass is 32.2. The molecule has 0 saturated carbocycles. The van der Waals surface area contributed by atoms with Gasteiger partial charge in [0.1, 0.15) is 23.1 Å². The highest BCUT2D eigenvalue weighted by Crippen LogP contribution is 2.34. The van der Waals surface area contributed by atoms with E-state index in [4.69, 9.17) is 9.88 Å². The molecule has 0 amide bonds. The number of pyridine rings is 1. The Morgan fingerprint density at radius 1 is 1.20 bits per heavy atom. The molecule has 1 aromatic heterocycles. The molecule has 130 valence electrons. The molecule has 0 fully saturated rings. The second-order valence-corrected chi connectivity index (χ2v) is 6.93. The number of nitrogens with two attached hydrogens (primary N) is 1. The number of sulfonamides is 1. The number of aryl methyl sites for hydroxylation is 1. The molecule has 3 rings (SSSR count). The predicted octanol–water partition coefficient (Wildman–Crippen LogP) is 1.78. The number of nitrogens with zero attached hydrogens (tertiary/aromatic N) is 1. The van der Waals surface area contributed by atoms with Crippen molar-refractivity contribution >= 4 is 27.1 Å². The fourth-order valence-electron chi connectivity index (χ4n) is 2.54. The Balaban J connectivity index is 2.23. The van der Waals surface area contributed by atoms with Gasteiger partial charge >= 0.3 is 5.97 Å². The number of carbonyl (C=O) groups is 1. The highest BCUT2D eigenvalue weighted by Gasteiger charge is 2.31. The van der Waals surface area contributed by atoms with Gasteiger partial charge in [-0.05, 0) is 31.2 Å². The lowest BCUT2D eigenvalue weighted by Gasteiger charge is -2.08. The van der Waals surface area contributed by atoms with Crippen LogP contribution in [-0.2, 0) is 19.6 Å². The number of rotatable bonds is 3. The summed E-state index contributed by atoms with van der Waals surface area (Å²) in [6.07, 6.45) is 0. The third kappa shape index (κ3) is 3.15. The zero-order chi connectivity index (χ0) is 18.4. The number of cyclic esters (lactones) is 1. The Bertz CT molecular complexity index is 1030. The van der Waals surface area contributed by atoms with Crippen LogP contribution in [0, 0.1) is 18.6 Å². The van der Waals surface area contributed by atoms with Crippen LogP contribution >= 0.6 is 0 Å². The van der Waals surface area contributed by atoms with Crippen molar-refractivity contribution in [2.45, 2.75) is 11.8 Å². The first-order chi connectivity index (χ1) is 11.7. The van der Waals surface area contributed by atoms with E-state index in [2.05, 4.69) is 4.98 Å². The summed E-state index contributed by atoms with van der Waals surface area (Å²) in [5.41, 5.74) is 0.688. The smallest absolute Gasteiger partial charge is 0.341 e. The summed E-state index contributed by atoms with van der Waals surface area (Å²) >= 11 is 0. The Kier molecular flexibility index (Phi) is 4.13. The van der Waals surface area contributed by atoms with Gasteiger partial charge in [0.2, 0.25) is 10.0 Å². The SMILES string of the molecule is Cc1cccc(C2=C(c3cc(F)c(S(N)(=O)=O)cc3F)COC2=O)n1. The molecule has 0 spiro atoms. The molecule has 0 atom stereocenters. The van der Waals surface area contributed by atoms with Gasteiger partial charge in [0, 0.05) is 16.8 Å². The normalized spacial score (nSPS) is 14.8. The van der Waals surface area contributed by atoms with Crippen molar-refractivity contribution in [3.8, 4) is 0 Å². The van der Waals surface area contributed by atoms with E-state index >= 15 is 0 Å². The number of esters is 1. The Morgan fingerprint density at radius 3 is 2.56 bits per heavy atom. The van der Waals surface area contributed by atoms with Crippen LogP contribution in [0.5, 0.6) is 0 Å². The fraction of sp³-hybridized carbons (Fsp3) is 0.125. The Morgan fingerprint density at radius 2 is 1.92 bits per heavy atom. The summed E-state index contributed by atoms with van der Waals surface area (Å²) in [6, 6.07) is 6.08. The average Bonchev–Trinajstić information content (AvgIpc) is 2.89. The lowest BCUT2D eigenvalue weighted by molar-refractivity contribution is -0.133. The zero-order valence-corrected chi connectivity index (χ0v) is 13.7. The zero-order valence-electron chi connectivity index (χ0n) is 12.9. The molecule has 0 unspecified atom stereocenters. The Labute approximate surface area is 142 Å². The molecule has 1 aromatic carbocycles. The first-order valence-electron chi connectivity index (χ1n) is 7.05. The highest BCUT2D eigenvalue weighted by molar-refractivity contribution is 7.89. The molecule has 2 heterocycles. The maximum atomic E-state index is 14.4. The number of primary sulfonamides is 1. The van der Waals surface area contributed by atoms with E-state index in [1.165, 1.54) is 0 Å². The maximum absolute atomic E-state index is 14.4. The molecular formula is C16H12F2N2O4S. The summed E-state index contributed by atoms with van der Waals surface area (Å²) in [4.78, 5) is 15.3. The van der Waals surface area contributed by atoms with Crippen LogP contribution in [-0.4, -0.2) is 26.0 Å².